The number of thiazole rings is 1. The molecule has 1 saturated heterocycles. The van der Waals surface area contributed by atoms with E-state index in [2.05, 4.69) is 19.9 Å². The molecular weight excluding hydrogens is 332 g/mol. The van der Waals surface area contributed by atoms with Gasteiger partial charge in [0.2, 0.25) is 10.0 Å². The van der Waals surface area contributed by atoms with Crippen molar-refractivity contribution < 1.29 is 8.42 Å². The average molecular weight is 359 g/mol. The van der Waals surface area contributed by atoms with Crippen LogP contribution in [0.25, 0.3) is 0 Å². The predicted molar refractivity (Wildman–Crippen MR) is 92.9 cm³/mol. The second-order valence-electron chi connectivity index (χ2n) is 6.53. The number of sulfonamides is 1. The molecule has 1 atom stereocenters. The van der Waals surface area contributed by atoms with Gasteiger partial charge < -0.3 is 5.32 Å². The SMILES string of the molecule is CCS(=O)(=O)NCCN(Cc1nccs1)[C@H]1CC12CCNCC2. The van der Waals surface area contributed by atoms with Crippen LogP contribution in [0.15, 0.2) is 11.6 Å². The first-order valence-corrected chi connectivity index (χ1v) is 10.9. The van der Waals surface area contributed by atoms with Gasteiger partial charge in [0.15, 0.2) is 0 Å². The van der Waals surface area contributed by atoms with Crippen molar-refractivity contribution in [1.82, 2.24) is 19.9 Å². The van der Waals surface area contributed by atoms with Crippen LogP contribution in [-0.2, 0) is 16.6 Å². The van der Waals surface area contributed by atoms with Gasteiger partial charge in [-0.05, 0) is 44.7 Å². The van der Waals surface area contributed by atoms with Crippen LogP contribution < -0.4 is 10.0 Å². The second kappa shape index (κ2) is 7.14. The summed E-state index contributed by atoms with van der Waals surface area (Å²) < 4.78 is 26.0. The number of nitrogens with one attached hydrogen (secondary N) is 2. The van der Waals surface area contributed by atoms with Crippen LogP contribution in [-0.4, -0.2) is 56.3 Å². The monoisotopic (exact) mass is 358 g/mol. The van der Waals surface area contributed by atoms with Crippen molar-refractivity contribution in [2.45, 2.75) is 38.8 Å². The molecule has 2 heterocycles. The van der Waals surface area contributed by atoms with Crippen molar-refractivity contribution in [2.75, 3.05) is 31.9 Å². The van der Waals surface area contributed by atoms with Crippen molar-refractivity contribution in [2.24, 2.45) is 5.41 Å². The zero-order chi connectivity index (χ0) is 16.3. The van der Waals surface area contributed by atoms with E-state index in [1.54, 1.807) is 18.3 Å². The molecule has 130 valence electrons. The predicted octanol–water partition coefficient (Wildman–Crippen LogP) is 1.03. The van der Waals surface area contributed by atoms with Gasteiger partial charge in [-0.3, -0.25) is 4.90 Å². The minimum atomic E-state index is -3.12. The van der Waals surface area contributed by atoms with E-state index in [1.807, 2.05) is 11.6 Å². The highest BCUT2D eigenvalue weighted by Crippen LogP contribution is 2.55. The van der Waals surface area contributed by atoms with E-state index in [-0.39, 0.29) is 5.75 Å². The topological polar surface area (TPSA) is 74.3 Å². The van der Waals surface area contributed by atoms with Gasteiger partial charge in [0.1, 0.15) is 5.01 Å². The van der Waals surface area contributed by atoms with E-state index >= 15 is 0 Å². The fraction of sp³-hybridized carbons (Fsp3) is 0.800. The van der Waals surface area contributed by atoms with Crippen LogP contribution >= 0.6 is 11.3 Å². The number of hydrogen-bond donors (Lipinski definition) is 2. The molecule has 1 aliphatic carbocycles. The van der Waals surface area contributed by atoms with Gasteiger partial charge in [0.25, 0.3) is 0 Å². The van der Waals surface area contributed by atoms with Crippen LogP contribution in [0.4, 0.5) is 0 Å². The Morgan fingerprint density at radius 2 is 2.26 bits per heavy atom. The molecule has 1 saturated carbocycles. The summed E-state index contributed by atoms with van der Waals surface area (Å²) in [7, 11) is -3.12. The molecule has 2 fully saturated rings. The summed E-state index contributed by atoms with van der Waals surface area (Å²) in [5, 5.41) is 6.55. The zero-order valence-electron chi connectivity index (χ0n) is 13.6. The Morgan fingerprint density at radius 1 is 1.48 bits per heavy atom. The molecule has 23 heavy (non-hydrogen) atoms. The van der Waals surface area contributed by atoms with E-state index in [1.165, 1.54) is 19.3 Å². The van der Waals surface area contributed by atoms with Gasteiger partial charge in [0, 0.05) is 30.7 Å². The molecule has 3 rings (SSSR count). The summed E-state index contributed by atoms with van der Waals surface area (Å²) in [4.78, 5) is 6.83. The molecule has 6 nitrogen and oxygen atoms in total. The Bertz CT molecular complexity index is 597. The van der Waals surface area contributed by atoms with Gasteiger partial charge >= 0.3 is 0 Å². The molecule has 2 N–H and O–H groups in total. The fourth-order valence-corrected chi connectivity index (χ4v) is 4.85. The standard InChI is InChI=1S/C15H26N4O2S2/c1-2-23(20,21)18-7-9-19(12-14-17-8-10-22-14)13-11-15(13)3-5-16-6-4-15/h8,10,13,16,18H,2-7,9,11-12H2,1H3/t13-/m0/s1. The summed E-state index contributed by atoms with van der Waals surface area (Å²) in [6.45, 7) is 5.92. The highest BCUT2D eigenvalue weighted by atomic mass is 32.2. The van der Waals surface area contributed by atoms with E-state index in [0.29, 0.717) is 18.0 Å². The van der Waals surface area contributed by atoms with Crippen molar-refractivity contribution in [3.63, 3.8) is 0 Å². The van der Waals surface area contributed by atoms with E-state index in [9.17, 15) is 8.42 Å². The van der Waals surface area contributed by atoms with Crippen molar-refractivity contribution >= 4 is 21.4 Å². The van der Waals surface area contributed by atoms with Crippen LogP contribution in [0.3, 0.4) is 0 Å². The molecule has 1 aliphatic heterocycles. The van der Waals surface area contributed by atoms with Crippen LogP contribution in [0.2, 0.25) is 0 Å². The van der Waals surface area contributed by atoms with Gasteiger partial charge in [-0.15, -0.1) is 11.3 Å². The largest absolute Gasteiger partial charge is 0.317 e. The maximum absolute atomic E-state index is 11.6. The molecule has 0 bridgehead atoms. The van der Waals surface area contributed by atoms with E-state index in [0.717, 1.165) is 31.2 Å². The Hall–Kier alpha value is -0.540. The van der Waals surface area contributed by atoms with Crippen molar-refractivity contribution in [1.29, 1.82) is 0 Å². The molecule has 2 aliphatic rings. The molecule has 1 aromatic heterocycles. The Kier molecular flexibility index (Phi) is 5.37. The Morgan fingerprint density at radius 3 is 2.91 bits per heavy atom. The molecular formula is C15H26N4O2S2. The fourth-order valence-electron chi connectivity index (χ4n) is 3.60. The molecule has 0 unspecified atom stereocenters. The zero-order valence-corrected chi connectivity index (χ0v) is 15.3. The van der Waals surface area contributed by atoms with Gasteiger partial charge in [-0.2, -0.15) is 0 Å². The third-order valence-electron chi connectivity index (χ3n) is 5.11. The highest BCUT2D eigenvalue weighted by Gasteiger charge is 2.56. The first kappa shape index (κ1) is 17.3. The van der Waals surface area contributed by atoms with Gasteiger partial charge in [-0.1, -0.05) is 0 Å². The lowest BCUT2D eigenvalue weighted by Gasteiger charge is -2.29. The van der Waals surface area contributed by atoms with Crippen LogP contribution in [0, 0.1) is 5.41 Å². The molecule has 1 aromatic rings. The lowest BCUT2D eigenvalue weighted by atomic mass is 9.93. The van der Waals surface area contributed by atoms with E-state index < -0.39 is 10.0 Å². The summed E-state index contributed by atoms with van der Waals surface area (Å²) in [5.41, 5.74) is 0.451. The Labute approximate surface area is 142 Å². The number of hydrogen-bond acceptors (Lipinski definition) is 6. The summed E-state index contributed by atoms with van der Waals surface area (Å²) in [5.74, 6) is 0.137. The second-order valence-corrected chi connectivity index (χ2v) is 9.60. The maximum Gasteiger partial charge on any atom is 0.211 e. The first-order valence-electron chi connectivity index (χ1n) is 8.35. The lowest BCUT2D eigenvalue weighted by molar-refractivity contribution is 0.198. The van der Waals surface area contributed by atoms with Crippen molar-refractivity contribution in [3.05, 3.63) is 16.6 Å². The van der Waals surface area contributed by atoms with Gasteiger partial charge in [0.05, 0.1) is 12.3 Å². The van der Waals surface area contributed by atoms with Gasteiger partial charge in [-0.25, -0.2) is 18.1 Å². The summed E-state index contributed by atoms with van der Waals surface area (Å²) >= 11 is 1.67. The molecule has 0 radical (unpaired) electrons. The normalized spacial score (nSPS) is 23.5. The Balaban J connectivity index is 1.60. The molecule has 8 heteroatoms. The minimum absolute atomic E-state index is 0.137. The first-order chi connectivity index (χ1) is 11.0. The summed E-state index contributed by atoms with van der Waals surface area (Å²) in [6.07, 6.45) is 5.53. The average Bonchev–Trinajstić information content (AvgIpc) is 2.97. The molecule has 0 aromatic carbocycles. The van der Waals surface area contributed by atoms with Crippen LogP contribution in [0.1, 0.15) is 31.2 Å². The summed E-state index contributed by atoms with van der Waals surface area (Å²) in [6, 6.07) is 0.569. The third-order valence-corrected chi connectivity index (χ3v) is 7.28. The highest BCUT2D eigenvalue weighted by molar-refractivity contribution is 7.89. The number of piperidine rings is 1. The smallest absolute Gasteiger partial charge is 0.211 e. The number of rotatable bonds is 8. The van der Waals surface area contributed by atoms with Crippen molar-refractivity contribution in [3.8, 4) is 0 Å². The third kappa shape index (κ3) is 4.30. The minimum Gasteiger partial charge on any atom is -0.317 e. The molecule has 0 amide bonds. The number of aromatic nitrogens is 1. The molecule has 1 spiro atoms. The lowest BCUT2D eigenvalue weighted by Crippen LogP contribution is -2.40. The maximum atomic E-state index is 11.6. The van der Waals surface area contributed by atoms with E-state index in [4.69, 9.17) is 0 Å². The quantitative estimate of drug-likeness (QED) is 0.726. The van der Waals surface area contributed by atoms with Crippen LogP contribution in [0.5, 0.6) is 0 Å². The number of nitrogens with zero attached hydrogens (tertiary/aromatic N) is 2.